The molecule has 1 aliphatic rings. The van der Waals surface area contributed by atoms with Gasteiger partial charge >= 0.3 is 0 Å². The van der Waals surface area contributed by atoms with Crippen LogP contribution in [0.3, 0.4) is 0 Å². The average molecular weight is 499 g/mol. The van der Waals surface area contributed by atoms with Crippen molar-refractivity contribution in [1.29, 1.82) is 0 Å². The summed E-state index contributed by atoms with van der Waals surface area (Å²) in [5.74, 6) is -0.306. The van der Waals surface area contributed by atoms with Gasteiger partial charge < -0.3 is 4.57 Å². The van der Waals surface area contributed by atoms with E-state index in [9.17, 15) is 12.8 Å². The summed E-state index contributed by atoms with van der Waals surface area (Å²) in [5, 5.41) is 5.91. The van der Waals surface area contributed by atoms with Crippen molar-refractivity contribution in [3.05, 3.63) is 83.5 Å². The van der Waals surface area contributed by atoms with Crippen molar-refractivity contribution in [2.24, 2.45) is 0 Å². The van der Waals surface area contributed by atoms with Crippen LogP contribution in [-0.2, 0) is 16.6 Å². The van der Waals surface area contributed by atoms with E-state index in [0.29, 0.717) is 29.4 Å². The Balaban J connectivity index is 1.40. The SMILES string of the molecule is CCCn1ccc(S(=O)(=O)N2CC=C(c3cc4cnn(-c5ccc(F)cc5)c4cc3Cl)CC2)c1. The summed E-state index contributed by atoms with van der Waals surface area (Å²) in [6, 6.07) is 11.6. The molecule has 4 aromatic rings. The molecule has 0 aliphatic carbocycles. The van der Waals surface area contributed by atoms with Crippen molar-refractivity contribution in [3.63, 3.8) is 0 Å². The van der Waals surface area contributed by atoms with Crippen LogP contribution in [0.4, 0.5) is 4.39 Å². The molecule has 0 N–H and O–H groups in total. The predicted octanol–water partition coefficient (Wildman–Crippen LogP) is 5.51. The molecule has 0 saturated carbocycles. The van der Waals surface area contributed by atoms with Crippen LogP contribution < -0.4 is 0 Å². The van der Waals surface area contributed by atoms with E-state index in [1.54, 1.807) is 35.3 Å². The van der Waals surface area contributed by atoms with E-state index >= 15 is 0 Å². The van der Waals surface area contributed by atoms with E-state index in [1.165, 1.54) is 16.4 Å². The van der Waals surface area contributed by atoms with Crippen LogP contribution in [0.5, 0.6) is 0 Å². The van der Waals surface area contributed by atoms with Gasteiger partial charge in [-0.2, -0.15) is 9.40 Å². The van der Waals surface area contributed by atoms with E-state index in [-0.39, 0.29) is 5.82 Å². The van der Waals surface area contributed by atoms with Crippen molar-refractivity contribution in [2.75, 3.05) is 13.1 Å². The Labute approximate surface area is 202 Å². The van der Waals surface area contributed by atoms with Crippen LogP contribution in [0.1, 0.15) is 25.3 Å². The number of halogens is 2. The van der Waals surface area contributed by atoms with E-state index in [1.807, 2.05) is 29.0 Å². The maximum absolute atomic E-state index is 13.3. The van der Waals surface area contributed by atoms with Crippen molar-refractivity contribution in [2.45, 2.75) is 31.2 Å². The lowest BCUT2D eigenvalue weighted by Gasteiger charge is -2.26. The van der Waals surface area contributed by atoms with Gasteiger partial charge in [-0.3, -0.25) is 0 Å². The standard InChI is InChI=1S/C25H24ClFN4O2S/c1-2-10-29-11-9-22(17-29)34(32,33)30-12-7-18(8-13-30)23-14-19-16-28-31(25(19)15-24(23)26)21-5-3-20(27)4-6-21/h3-7,9,11,14-17H,2,8,10,12-13H2,1H3. The number of aromatic nitrogens is 3. The fourth-order valence-electron chi connectivity index (χ4n) is 4.31. The number of nitrogens with zero attached hydrogens (tertiary/aromatic N) is 4. The first kappa shape index (κ1) is 22.8. The molecule has 1 aliphatic heterocycles. The second kappa shape index (κ2) is 9.02. The summed E-state index contributed by atoms with van der Waals surface area (Å²) in [7, 11) is -3.55. The molecule has 0 saturated heterocycles. The fourth-order valence-corrected chi connectivity index (χ4v) is 5.99. The first-order valence-corrected chi connectivity index (χ1v) is 13.0. The van der Waals surface area contributed by atoms with Crippen LogP contribution in [0, 0.1) is 5.82 Å². The van der Waals surface area contributed by atoms with Gasteiger partial charge in [0.25, 0.3) is 0 Å². The molecule has 2 aromatic carbocycles. The lowest BCUT2D eigenvalue weighted by atomic mass is 9.99. The van der Waals surface area contributed by atoms with Gasteiger partial charge in [0.15, 0.2) is 0 Å². The third-order valence-electron chi connectivity index (χ3n) is 6.09. The maximum Gasteiger partial charge on any atom is 0.244 e. The Morgan fingerprint density at radius 1 is 1.15 bits per heavy atom. The van der Waals surface area contributed by atoms with Crippen LogP contribution in [0.2, 0.25) is 5.02 Å². The number of aryl methyl sites for hydroxylation is 1. The summed E-state index contributed by atoms with van der Waals surface area (Å²) in [5.41, 5.74) is 3.44. The zero-order valence-corrected chi connectivity index (χ0v) is 20.2. The number of fused-ring (bicyclic) bond motifs is 1. The quantitative estimate of drug-likeness (QED) is 0.352. The second-order valence-corrected chi connectivity index (χ2v) is 10.7. The zero-order valence-electron chi connectivity index (χ0n) is 18.7. The van der Waals surface area contributed by atoms with Crippen LogP contribution in [-0.4, -0.2) is 40.2 Å². The summed E-state index contributed by atoms with van der Waals surface area (Å²) >= 11 is 6.66. The largest absolute Gasteiger partial charge is 0.353 e. The molecule has 0 spiro atoms. The Morgan fingerprint density at radius 2 is 1.94 bits per heavy atom. The molecular formula is C25H24ClFN4O2S. The topological polar surface area (TPSA) is 60.1 Å². The minimum absolute atomic E-state index is 0.291. The Hall–Kier alpha value is -2.94. The molecule has 9 heteroatoms. The molecule has 0 atom stereocenters. The van der Waals surface area contributed by atoms with Gasteiger partial charge in [0.05, 0.1) is 27.3 Å². The summed E-state index contributed by atoms with van der Waals surface area (Å²) in [6.45, 7) is 3.52. The minimum Gasteiger partial charge on any atom is -0.353 e. The Kier molecular flexibility index (Phi) is 6.06. The van der Waals surface area contributed by atoms with Gasteiger partial charge in [0.2, 0.25) is 10.0 Å². The molecule has 3 heterocycles. The number of hydrogen-bond donors (Lipinski definition) is 0. The summed E-state index contributed by atoms with van der Waals surface area (Å²) in [6.07, 6.45) is 8.69. The molecule has 6 nitrogen and oxygen atoms in total. The van der Waals surface area contributed by atoms with Crippen molar-refractivity contribution in [1.82, 2.24) is 18.7 Å². The van der Waals surface area contributed by atoms with E-state index < -0.39 is 10.0 Å². The lowest BCUT2D eigenvalue weighted by molar-refractivity contribution is 0.441. The second-order valence-electron chi connectivity index (χ2n) is 8.35. The van der Waals surface area contributed by atoms with E-state index in [0.717, 1.165) is 40.7 Å². The number of benzene rings is 2. The first-order chi connectivity index (χ1) is 16.4. The van der Waals surface area contributed by atoms with Gasteiger partial charge in [-0.15, -0.1) is 0 Å². The predicted molar refractivity (Wildman–Crippen MR) is 132 cm³/mol. The molecule has 5 rings (SSSR count). The smallest absolute Gasteiger partial charge is 0.244 e. The highest BCUT2D eigenvalue weighted by molar-refractivity contribution is 7.89. The van der Waals surface area contributed by atoms with Gasteiger partial charge in [-0.1, -0.05) is 24.6 Å². The number of sulfonamides is 1. The normalized spacial score (nSPS) is 15.1. The molecule has 2 aromatic heterocycles. The van der Waals surface area contributed by atoms with Crippen LogP contribution in [0.15, 0.2) is 72.0 Å². The van der Waals surface area contributed by atoms with Crippen LogP contribution in [0.25, 0.3) is 22.2 Å². The van der Waals surface area contributed by atoms with Crippen molar-refractivity contribution in [3.8, 4) is 5.69 Å². The molecule has 0 amide bonds. The minimum atomic E-state index is -3.55. The fraction of sp³-hybridized carbons (Fsp3) is 0.240. The van der Waals surface area contributed by atoms with Crippen LogP contribution >= 0.6 is 11.6 Å². The molecule has 34 heavy (non-hydrogen) atoms. The Bertz CT molecular complexity index is 1490. The third-order valence-corrected chi connectivity index (χ3v) is 8.25. The highest BCUT2D eigenvalue weighted by Gasteiger charge is 2.27. The third kappa shape index (κ3) is 4.17. The van der Waals surface area contributed by atoms with Crippen molar-refractivity contribution < 1.29 is 12.8 Å². The van der Waals surface area contributed by atoms with E-state index in [2.05, 4.69) is 12.0 Å². The summed E-state index contributed by atoms with van der Waals surface area (Å²) < 4.78 is 44.6. The molecule has 176 valence electrons. The molecule has 0 radical (unpaired) electrons. The highest BCUT2D eigenvalue weighted by atomic mass is 35.5. The average Bonchev–Trinajstić information content (AvgIpc) is 3.47. The Morgan fingerprint density at radius 3 is 2.65 bits per heavy atom. The molecule has 0 bridgehead atoms. The van der Waals surface area contributed by atoms with Gasteiger partial charge in [0.1, 0.15) is 5.82 Å². The summed E-state index contributed by atoms with van der Waals surface area (Å²) in [4.78, 5) is 0.324. The lowest BCUT2D eigenvalue weighted by Crippen LogP contribution is -2.34. The van der Waals surface area contributed by atoms with E-state index in [4.69, 9.17) is 11.6 Å². The van der Waals surface area contributed by atoms with Gasteiger partial charge in [0, 0.05) is 37.4 Å². The highest BCUT2D eigenvalue weighted by Crippen LogP contribution is 2.34. The van der Waals surface area contributed by atoms with Gasteiger partial charge in [-0.05, 0) is 66.4 Å². The van der Waals surface area contributed by atoms with Gasteiger partial charge in [-0.25, -0.2) is 17.5 Å². The maximum atomic E-state index is 13.3. The monoisotopic (exact) mass is 498 g/mol. The van der Waals surface area contributed by atoms with Crippen molar-refractivity contribution >= 4 is 38.1 Å². The number of hydrogen-bond acceptors (Lipinski definition) is 3. The molecular weight excluding hydrogens is 475 g/mol. The molecule has 0 unspecified atom stereocenters. The number of rotatable bonds is 6. The zero-order chi connectivity index (χ0) is 23.9. The first-order valence-electron chi connectivity index (χ1n) is 11.2. The molecule has 0 fully saturated rings.